The van der Waals surface area contributed by atoms with Gasteiger partial charge in [-0.3, -0.25) is 0 Å². The van der Waals surface area contributed by atoms with Gasteiger partial charge in [-0.15, -0.1) is 0 Å². The Balaban J connectivity index is 2.00. The van der Waals surface area contributed by atoms with Gasteiger partial charge in [-0.05, 0) is 46.1 Å². The molecule has 1 aliphatic rings. The lowest BCUT2D eigenvalue weighted by atomic mass is 9.94. The van der Waals surface area contributed by atoms with E-state index in [0.717, 1.165) is 52.0 Å². The summed E-state index contributed by atoms with van der Waals surface area (Å²) in [5, 5.41) is 3.59. The van der Waals surface area contributed by atoms with Crippen LogP contribution in [0.15, 0.2) is 0 Å². The van der Waals surface area contributed by atoms with Gasteiger partial charge in [-0.25, -0.2) is 0 Å². The number of hydrogen-bond donors (Lipinski definition) is 1. The summed E-state index contributed by atoms with van der Waals surface area (Å²) in [7, 11) is 0. The van der Waals surface area contributed by atoms with Crippen molar-refractivity contribution in [2.75, 3.05) is 26.4 Å². The van der Waals surface area contributed by atoms with E-state index in [0.29, 0.717) is 6.04 Å². The van der Waals surface area contributed by atoms with Gasteiger partial charge in [0.1, 0.15) is 0 Å². The minimum atomic E-state index is 0.0502. The van der Waals surface area contributed by atoms with E-state index in [2.05, 4.69) is 26.1 Å². The molecule has 0 saturated carbocycles. The molecule has 0 aromatic carbocycles. The summed E-state index contributed by atoms with van der Waals surface area (Å²) in [4.78, 5) is 0. The predicted molar refractivity (Wildman–Crippen MR) is 66.8 cm³/mol. The molecule has 16 heavy (non-hydrogen) atoms. The van der Waals surface area contributed by atoms with Crippen LogP contribution in [0, 0.1) is 0 Å². The van der Waals surface area contributed by atoms with E-state index < -0.39 is 0 Å². The standard InChI is InChI=1S/C13H27NO2/c1-4-8-15-9-5-7-14-12-6-10-16-13(2,3)11-12/h12,14H,4-11H2,1-3H3. The van der Waals surface area contributed by atoms with E-state index in [9.17, 15) is 0 Å². The van der Waals surface area contributed by atoms with Gasteiger partial charge >= 0.3 is 0 Å². The van der Waals surface area contributed by atoms with E-state index >= 15 is 0 Å². The minimum Gasteiger partial charge on any atom is -0.381 e. The topological polar surface area (TPSA) is 30.5 Å². The minimum absolute atomic E-state index is 0.0502. The molecule has 3 heteroatoms. The van der Waals surface area contributed by atoms with Crippen LogP contribution >= 0.6 is 0 Å². The predicted octanol–water partition coefficient (Wildman–Crippen LogP) is 2.35. The fourth-order valence-electron chi connectivity index (χ4n) is 2.13. The third kappa shape index (κ3) is 5.83. The fraction of sp³-hybridized carbons (Fsp3) is 1.00. The third-order valence-corrected chi connectivity index (χ3v) is 2.94. The molecule has 1 saturated heterocycles. The van der Waals surface area contributed by atoms with E-state index in [-0.39, 0.29) is 5.60 Å². The zero-order valence-corrected chi connectivity index (χ0v) is 11.1. The maximum Gasteiger partial charge on any atom is 0.0641 e. The summed E-state index contributed by atoms with van der Waals surface area (Å²) in [5.74, 6) is 0. The molecule has 1 fully saturated rings. The largest absolute Gasteiger partial charge is 0.381 e. The summed E-state index contributed by atoms with van der Waals surface area (Å²) in [6.07, 6.45) is 4.47. The second-order valence-corrected chi connectivity index (χ2v) is 5.22. The van der Waals surface area contributed by atoms with Gasteiger partial charge in [-0.1, -0.05) is 6.92 Å². The van der Waals surface area contributed by atoms with Gasteiger partial charge in [0.15, 0.2) is 0 Å². The highest BCUT2D eigenvalue weighted by molar-refractivity contribution is 4.82. The summed E-state index contributed by atoms with van der Waals surface area (Å²) in [5.41, 5.74) is 0.0502. The molecule has 1 atom stereocenters. The van der Waals surface area contributed by atoms with Crippen LogP contribution in [0.1, 0.15) is 46.5 Å². The summed E-state index contributed by atoms with van der Waals surface area (Å²) >= 11 is 0. The van der Waals surface area contributed by atoms with Crippen LogP contribution in [0.3, 0.4) is 0 Å². The molecule has 0 bridgehead atoms. The smallest absolute Gasteiger partial charge is 0.0641 e. The van der Waals surface area contributed by atoms with E-state index in [1.165, 1.54) is 0 Å². The molecular weight excluding hydrogens is 202 g/mol. The Morgan fingerprint density at radius 2 is 2.19 bits per heavy atom. The average molecular weight is 229 g/mol. The molecule has 1 rings (SSSR count). The van der Waals surface area contributed by atoms with Crippen molar-refractivity contribution in [3.05, 3.63) is 0 Å². The zero-order chi connectivity index (χ0) is 11.9. The molecule has 1 heterocycles. The summed E-state index contributed by atoms with van der Waals surface area (Å²) in [6, 6.07) is 0.620. The maximum atomic E-state index is 5.69. The number of hydrogen-bond acceptors (Lipinski definition) is 3. The van der Waals surface area contributed by atoms with Crippen molar-refractivity contribution in [1.29, 1.82) is 0 Å². The van der Waals surface area contributed by atoms with Gasteiger partial charge in [0.25, 0.3) is 0 Å². The highest BCUT2D eigenvalue weighted by Gasteiger charge is 2.28. The van der Waals surface area contributed by atoms with Gasteiger partial charge in [0.2, 0.25) is 0 Å². The first-order valence-electron chi connectivity index (χ1n) is 6.59. The summed E-state index contributed by atoms with van der Waals surface area (Å²) in [6.45, 7) is 10.2. The van der Waals surface area contributed by atoms with Crippen LogP contribution in [0.2, 0.25) is 0 Å². The second-order valence-electron chi connectivity index (χ2n) is 5.22. The van der Waals surface area contributed by atoms with E-state index in [1.807, 2.05) is 0 Å². The van der Waals surface area contributed by atoms with Crippen molar-refractivity contribution >= 4 is 0 Å². The van der Waals surface area contributed by atoms with Crippen LogP contribution in [-0.2, 0) is 9.47 Å². The third-order valence-electron chi connectivity index (χ3n) is 2.94. The monoisotopic (exact) mass is 229 g/mol. The molecule has 0 aromatic rings. The first-order valence-corrected chi connectivity index (χ1v) is 6.59. The van der Waals surface area contributed by atoms with E-state index in [4.69, 9.17) is 9.47 Å². The van der Waals surface area contributed by atoms with Crippen molar-refractivity contribution in [2.45, 2.75) is 58.1 Å². The SMILES string of the molecule is CCCOCCCNC1CCOC(C)(C)C1. The van der Waals surface area contributed by atoms with Crippen LogP contribution < -0.4 is 5.32 Å². The maximum absolute atomic E-state index is 5.69. The Morgan fingerprint density at radius 1 is 1.38 bits per heavy atom. The Hall–Kier alpha value is -0.120. The molecule has 3 nitrogen and oxygen atoms in total. The van der Waals surface area contributed by atoms with Gasteiger partial charge < -0.3 is 14.8 Å². The molecule has 0 radical (unpaired) electrons. The van der Waals surface area contributed by atoms with Crippen molar-refractivity contribution in [2.24, 2.45) is 0 Å². The quantitative estimate of drug-likeness (QED) is 0.680. The first-order chi connectivity index (χ1) is 7.64. The Bertz CT molecular complexity index is 183. The molecule has 0 spiro atoms. The Morgan fingerprint density at radius 3 is 2.88 bits per heavy atom. The average Bonchev–Trinajstić information content (AvgIpc) is 2.22. The van der Waals surface area contributed by atoms with Crippen molar-refractivity contribution in [3.63, 3.8) is 0 Å². The highest BCUT2D eigenvalue weighted by atomic mass is 16.5. The van der Waals surface area contributed by atoms with Gasteiger partial charge in [-0.2, -0.15) is 0 Å². The van der Waals surface area contributed by atoms with Gasteiger partial charge in [0, 0.05) is 25.9 Å². The molecule has 1 N–H and O–H groups in total. The van der Waals surface area contributed by atoms with Gasteiger partial charge in [0.05, 0.1) is 5.60 Å². The fourth-order valence-corrected chi connectivity index (χ4v) is 2.13. The molecule has 96 valence electrons. The second kappa shape index (κ2) is 7.25. The lowest BCUT2D eigenvalue weighted by molar-refractivity contribution is -0.0629. The van der Waals surface area contributed by atoms with Crippen LogP contribution in [0.5, 0.6) is 0 Å². The van der Waals surface area contributed by atoms with Crippen LogP contribution in [0.25, 0.3) is 0 Å². The van der Waals surface area contributed by atoms with E-state index in [1.54, 1.807) is 0 Å². The first kappa shape index (κ1) is 13.9. The molecule has 1 aliphatic heterocycles. The number of rotatable bonds is 7. The lowest BCUT2D eigenvalue weighted by Gasteiger charge is -2.36. The molecule has 1 unspecified atom stereocenters. The van der Waals surface area contributed by atoms with Crippen molar-refractivity contribution in [3.8, 4) is 0 Å². The Labute approximate surface area is 99.9 Å². The molecule has 0 aliphatic carbocycles. The highest BCUT2D eigenvalue weighted by Crippen LogP contribution is 2.23. The normalized spacial score (nSPS) is 24.6. The lowest BCUT2D eigenvalue weighted by Crippen LogP contribution is -2.44. The zero-order valence-electron chi connectivity index (χ0n) is 11.1. The number of nitrogens with one attached hydrogen (secondary N) is 1. The van der Waals surface area contributed by atoms with Crippen LogP contribution in [0.4, 0.5) is 0 Å². The number of ether oxygens (including phenoxy) is 2. The van der Waals surface area contributed by atoms with Crippen molar-refractivity contribution in [1.82, 2.24) is 5.32 Å². The van der Waals surface area contributed by atoms with Crippen molar-refractivity contribution < 1.29 is 9.47 Å². The Kier molecular flexibility index (Phi) is 6.32. The molecular formula is C13H27NO2. The summed E-state index contributed by atoms with van der Waals surface area (Å²) < 4.78 is 11.1. The van der Waals surface area contributed by atoms with Crippen LogP contribution in [-0.4, -0.2) is 38.0 Å². The molecule has 0 aromatic heterocycles. The molecule has 0 amide bonds.